The molecule has 1 aromatic carbocycles. The third-order valence-electron chi connectivity index (χ3n) is 3.46. The Morgan fingerprint density at radius 3 is 2.33 bits per heavy atom. The van der Waals surface area contributed by atoms with Crippen LogP contribution in [-0.2, 0) is 9.78 Å². The average Bonchev–Trinajstić information content (AvgIpc) is 3.01. The van der Waals surface area contributed by atoms with Gasteiger partial charge in [-0.25, -0.2) is 4.79 Å². The van der Waals surface area contributed by atoms with Gasteiger partial charge < -0.3 is 0 Å². The number of amides is 1. The van der Waals surface area contributed by atoms with Gasteiger partial charge in [-0.2, -0.15) is 4.89 Å². The van der Waals surface area contributed by atoms with Crippen LogP contribution in [0, 0.1) is 10.1 Å². The molecular formula is C16H20N2O6. The first-order valence-corrected chi connectivity index (χ1v) is 7.63. The molecule has 0 bridgehead atoms. The van der Waals surface area contributed by atoms with Gasteiger partial charge in [0.25, 0.3) is 12.1 Å². The standard InChI is InChI=1S/C16H20N2O6/c1-16(2,3)24-23-15(20)12-8-6-11(7-9-12)14(19)17-10-4-5-13(17)18(21)22/h6-9,13H,4-5,10H2,1-3H3. The maximum absolute atomic E-state index is 12.4. The Bertz CT molecular complexity index is 635. The lowest BCUT2D eigenvalue weighted by molar-refractivity contribution is -0.540. The van der Waals surface area contributed by atoms with Crippen molar-refractivity contribution in [3.8, 4) is 0 Å². The van der Waals surface area contributed by atoms with E-state index in [9.17, 15) is 19.7 Å². The first kappa shape index (κ1) is 17.9. The monoisotopic (exact) mass is 336 g/mol. The van der Waals surface area contributed by atoms with E-state index < -0.39 is 28.6 Å². The molecule has 1 unspecified atom stereocenters. The molecule has 1 amide bonds. The number of rotatable bonds is 4. The Hall–Kier alpha value is -2.48. The van der Waals surface area contributed by atoms with Crippen molar-refractivity contribution >= 4 is 11.9 Å². The second-order valence-corrected chi connectivity index (χ2v) is 6.55. The number of nitrogens with zero attached hydrogens (tertiary/aromatic N) is 2. The largest absolute Gasteiger partial charge is 0.373 e. The highest BCUT2D eigenvalue weighted by Gasteiger charge is 2.37. The van der Waals surface area contributed by atoms with Gasteiger partial charge in [0, 0.05) is 23.5 Å². The molecule has 1 aromatic rings. The van der Waals surface area contributed by atoms with Gasteiger partial charge in [0.1, 0.15) is 5.60 Å². The van der Waals surface area contributed by atoms with Gasteiger partial charge in [0.2, 0.25) is 0 Å². The molecule has 130 valence electrons. The summed E-state index contributed by atoms with van der Waals surface area (Å²) in [7, 11) is 0. The molecule has 0 N–H and O–H groups in total. The number of hydrogen-bond donors (Lipinski definition) is 0. The van der Waals surface area contributed by atoms with E-state index in [1.165, 1.54) is 29.2 Å². The fraction of sp³-hybridized carbons (Fsp3) is 0.500. The second-order valence-electron chi connectivity index (χ2n) is 6.55. The molecule has 8 nitrogen and oxygen atoms in total. The molecule has 8 heteroatoms. The summed E-state index contributed by atoms with van der Waals surface area (Å²) in [4.78, 5) is 45.7. The maximum Gasteiger partial charge on any atom is 0.373 e. The predicted octanol–water partition coefficient (Wildman–Crippen LogP) is 2.41. The van der Waals surface area contributed by atoms with E-state index in [-0.39, 0.29) is 11.1 Å². The van der Waals surface area contributed by atoms with Gasteiger partial charge in [0.05, 0.1) is 5.56 Å². The van der Waals surface area contributed by atoms with E-state index in [4.69, 9.17) is 9.78 Å². The molecule has 1 heterocycles. The van der Waals surface area contributed by atoms with Crippen LogP contribution < -0.4 is 0 Å². The van der Waals surface area contributed by atoms with Gasteiger partial charge in [-0.3, -0.25) is 24.7 Å². The normalized spacial score (nSPS) is 17.6. The van der Waals surface area contributed by atoms with Gasteiger partial charge in [-0.1, -0.05) is 0 Å². The summed E-state index contributed by atoms with van der Waals surface area (Å²) in [6, 6.07) is 5.76. The molecule has 1 aliphatic heterocycles. The molecule has 2 rings (SSSR count). The van der Waals surface area contributed by atoms with Crippen LogP contribution in [-0.4, -0.2) is 40.0 Å². The Labute approximate surface area is 139 Å². The van der Waals surface area contributed by atoms with Gasteiger partial charge in [-0.05, 0) is 51.5 Å². The Morgan fingerprint density at radius 2 is 1.79 bits per heavy atom. The van der Waals surface area contributed by atoms with E-state index in [1.54, 1.807) is 20.8 Å². The van der Waals surface area contributed by atoms with E-state index in [2.05, 4.69) is 0 Å². The van der Waals surface area contributed by atoms with Crippen LogP contribution >= 0.6 is 0 Å². The molecule has 1 aliphatic rings. The minimum absolute atomic E-state index is 0.225. The lowest BCUT2D eigenvalue weighted by Crippen LogP contribution is -2.40. The van der Waals surface area contributed by atoms with Gasteiger partial charge in [-0.15, -0.1) is 0 Å². The van der Waals surface area contributed by atoms with Gasteiger partial charge in [0.15, 0.2) is 0 Å². The Morgan fingerprint density at radius 1 is 1.21 bits per heavy atom. The van der Waals surface area contributed by atoms with Crippen LogP contribution in [0.3, 0.4) is 0 Å². The fourth-order valence-corrected chi connectivity index (χ4v) is 2.33. The molecular weight excluding hydrogens is 316 g/mol. The number of benzene rings is 1. The Balaban J connectivity index is 2.05. The van der Waals surface area contributed by atoms with Crippen molar-refractivity contribution in [2.75, 3.05) is 6.54 Å². The molecule has 0 aliphatic carbocycles. The quantitative estimate of drug-likeness (QED) is 0.475. The van der Waals surface area contributed by atoms with Crippen molar-refractivity contribution in [3.63, 3.8) is 0 Å². The number of likely N-dealkylation sites (tertiary alicyclic amines) is 1. The molecule has 24 heavy (non-hydrogen) atoms. The van der Waals surface area contributed by atoms with E-state index in [0.717, 1.165) is 0 Å². The maximum atomic E-state index is 12.4. The minimum Gasteiger partial charge on any atom is -0.292 e. The van der Waals surface area contributed by atoms with Gasteiger partial charge >= 0.3 is 5.97 Å². The summed E-state index contributed by atoms with van der Waals surface area (Å²) in [5.74, 6) is -1.09. The second kappa shape index (κ2) is 6.96. The van der Waals surface area contributed by atoms with Crippen LogP contribution in [0.15, 0.2) is 24.3 Å². The van der Waals surface area contributed by atoms with Crippen LogP contribution in [0.1, 0.15) is 54.3 Å². The first-order valence-electron chi connectivity index (χ1n) is 7.63. The molecule has 0 aromatic heterocycles. The number of hydrogen-bond acceptors (Lipinski definition) is 6. The zero-order chi connectivity index (χ0) is 17.9. The van der Waals surface area contributed by atoms with Crippen molar-refractivity contribution in [1.29, 1.82) is 0 Å². The lowest BCUT2D eigenvalue weighted by Gasteiger charge is -2.18. The summed E-state index contributed by atoms with van der Waals surface area (Å²) in [6.45, 7) is 5.57. The van der Waals surface area contributed by atoms with Crippen molar-refractivity contribution in [1.82, 2.24) is 4.90 Å². The summed E-state index contributed by atoms with van der Waals surface area (Å²) < 4.78 is 0. The zero-order valence-electron chi connectivity index (χ0n) is 13.9. The number of carbonyl (C=O) groups excluding carboxylic acids is 2. The van der Waals surface area contributed by atoms with Crippen molar-refractivity contribution in [3.05, 3.63) is 45.5 Å². The highest BCUT2D eigenvalue weighted by Crippen LogP contribution is 2.21. The highest BCUT2D eigenvalue weighted by molar-refractivity contribution is 5.96. The van der Waals surface area contributed by atoms with Crippen molar-refractivity contribution in [2.24, 2.45) is 0 Å². The number of carbonyl (C=O) groups is 2. The third-order valence-corrected chi connectivity index (χ3v) is 3.46. The minimum atomic E-state index is -0.984. The third kappa shape index (κ3) is 4.29. The van der Waals surface area contributed by atoms with Crippen molar-refractivity contribution in [2.45, 2.75) is 45.4 Å². The summed E-state index contributed by atoms with van der Waals surface area (Å²) in [5, 5.41) is 11.0. The van der Waals surface area contributed by atoms with Crippen LogP contribution in [0.5, 0.6) is 0 Å². The van der Waals surface area contributed by atoms with E-state index >= 15 is 0 Å². The predicted molar refractivity (Wildman–Crippen MR) is 83.7 cm³/mol. The molecule has 1 fully saturated rings. The first-order chi connectivity index (χ1) is 11.2. The topological polar surface area (TPSA) is 99.0 Å². The average molecular weight is 336 g/mol. The lowest BCUT2D eigenvalue weighted by atomic mass is 10.1. The highest BCUT2D eigenvalue weighted by atomic mass is 17.2. The summed E-state index contributed by atoms with van der Waals surface area (Å²) in [6.07, 6.45) is -0.0264. The van der Waals surface area contributed by atoms with E-state index in [1.807, 2.05) is 0 Å². The number of nitro groups is 1. The molecule has 0 radical (unpaired) electrons. The summed E-state index contributed by atoms with van der Waals surface area (Å²) >= 11 is 0. The van der Waals surface area contributed by atoms with Crippen LogP contribution in [0.25, 0.3) is 0 Å². The zero-order valence-corrected chi connectivity index (χ0v) is 13.9. The summed E-state index contributed by atoms with van der Waals surface area (Å²) in [5.41, 5.74) is -0.112. The molecule has 0 saturated carbocycles. The molecule has 0 spiro atoms. The molecule has 1 atom stereocenters. The fourth-order valence-electron chi connectivity index (χ4n) is 2.33. The SMILES string of the molecule is CC(C)(C)OOC(=O)c1ccc(C(=O)N2CCCC2[N+](=O)[O-])cc1. The van der Waals surface area contributed by atoms with Crippen molar-refractivity contribution < 1.29 is 24.3 Å². The molecule has 1 saturated heterocycles. The smallest absolute Gasteiger partial charge is 0.292 e. The Kier molecular flexibility index (Phi) is 5.18. The van der Waals surface area contributed by atoms with Crippen LogP contribution in [0.2, 0.25) is 0 Å². The van der Waals surface area contributed by atoms with E-state index in [0.29, 0.717) is 19.4 Å². The van der Waals surface area contributed by atoms with Crippen LogP contribution in [0.4, 0.5) is 0 Å².